The number of hydrogen-bond donors (Lipinski definition) is 3. The minimum absolute atomic E-state index is 0.152. The fourth-order valence-electron chi connectivity index (χ4n) is 2.94. The van der Waals surface area contributed by atoms with Crippen molar-refractivity contribution in [1.82, 2.24) is 5.32 Å². The fraction of sp³-hybridized carbons (Fsp3) is 0.125. The lowest BCUT2D eigenvalue weighted by atomic mass is 10.1. The molecule has 0 saturated carbocycles. The molecule has 32 heavy (non-hydrogen) atoms. The lowest BCUT2D eigenvalue weighted by molar-refractivity contribution is -0.131. The number of rotatable bonds is 7. The minimum atomic E-state index is -0.529. The topological polar surface area (TPSA) is 111 Å². The molecular formula is C24H22ClN3O4. The highest BCUT2D eigenvalue weighted by Crippen LogP contribution is 2.24. The lowest BCUT2D eigenvalue weighted by Gasteiger charge is -2.11. The second kappa shape index (κ2) is 10.6. The van der Waals surface area contributed by atoms with Gasteiger partial charge in [0.2, 0.25) is 0 Å². The van der Waals surface area contributed by atoms with E-state index in [4.69, 9.17) is 22.1 Å². The van der Waals surface area contributed by atoms with E-state index in [1.165, 1.54) is 31.2 Å². The molecule has 2 amide bonds. The van der Waals surface area contributed by atoms with Crippen LogP contribution in [0.25, 0.3) is 0 Å². The van der Waals surface area contributed by atoms with Crippen molar-refractivity contribution in [2.45, 2.75) is 20.0 Å². The summed E-state index contributed by atoms with van der Waals surface area (Å²) in [6.45, 7) is 2.05. The summed E-state index contributed by atoms with van der Waals surface area (Å²) in [4.78, 5) is 36.4. The monoisotopic (exact) mass is 451 g/mol. The van der Waals surface area contributed by atoms with E-state index in [9.17, 15) is 14.4 Å². The van der Waals surface area contributed by atoms with Crippen molar-refractivity contribution < 1.29 is 19.1 Å². The maximum absolute atomic E-state index is 12.6. The number of amides is 2. The van der Waals surface area contributed by atoms with Gasteiger partial charge in [-0.15, -0.1) is 0 Å². The highest BCUT2D eigenvalue weighted by Gasteiger charge is 2.16. The zero-order chi connectivity index (χ0) is 23.1. The number of carbonyl (C=O) groups excluding carboxylic acids is 3. The second-order valence-corrected chi connectivity index (χ2v) is 7.35. The van der Waals surface area contributed by atoms with Crippen LogP contribution in [0, 0.1) is 0 Å². The van der Waals surface area contributed by atoms with Gasteiger partial charge in [-0.1, -0.05) is 48.0 Å². The summed E-state index contributed by atoms with van der Waals surface area (Å²) in [5.74, 6) is -1.19. The van der Waals surface area contributed by atoms with E-state index in [-0.39, 0.29) is 27.8 Å². The third kappa shape index (κ3) is 5.94. The van der Waals surface area contributed by atoms with Crippen LogP contribution in [0.2, 0.25) is 5.02 Å². The molecule has 0 unspecified atom stereocenters. The molecule has 0 bridgehead atoms. The molecule has 0 fully saturated rings. The van der Waals surface area contributed by atoms with Crippen molar-refractivity contribution in [3.05, 3.63) is 94.0 Å². The molecular weight excluding hydrogens is 430 g/mol. The van der Waals surface area contributed by atoms with Crippen LogP contribution >= 0.6 is 11.6 Å². The summed E-state index contributed by atoms with van der Waals surface area (Å²) in [5.41, 5.74) is 8.40. The molecule has 7 nitrogen and oxygen atoms in total. The van der Waals surface area contributed by atoms with Gasteiger partial charge >= 0.3 is 5.97 Å². The van der Waals surface area contributed by atoms with Gasteiger partial charge in [-0.05, 0) is 41.5 Å². The van der Waals surface area contributed by atoms with Gasteiger partial charge in [-0.25, -0.2) is 0 Å². The van der Waals surface area contributed by atoms with Gasteiger partial charge < -0.3 is 21.1 Å². The highest BCUT2D eigenvalue weighted by molar-refractivity contribution is 6.34. The molecule has 3 aromatic rings. The number of para-hydroxylation sites is 1. The van der Waals surface area contributed by atoms with Gasteiger partial charge in [0, 0.05) is 25.7 Å². The predicted octanol–water partition coefficient (Wildman–Crippen LogP) is 3.91. The average Bonchev–Trinajstić information content (AvgIpc) is 2.78. The SMILES string of the molecule is CC(=O)Oc1ccccc1C(=O)Nc1ccc(C(=O)NCc2ccc(CN)cc2)c(Cl)c1. The maximum Gasteiger partial charge on any atom is 0.308 e. The number of halogens is 1. The third-order valence-electron chi connectivity index (χ3n) is 4.57. The first-order chi connectivity index (χ1) is 15.4. The highest BCUT2D eigenvalue weighted by atomic mass is 35.5. The van der Waals surface area contributed by atoms with Gasteiger partial charge in [-0.3, -0.25) is 14.4 Å². The van der Waals surface area contributed by atoms with Crippen LogP contribution in [0.5, 0.6) is 5.75 Å². The Kier molecular flexibility index (Phi) is 7.59. The quantitative estimate of drug-likeness (QED) is 0.372. The number of nitrogens with two attached hydrogens (primary N) is 1. The molecule has 0 spiro atoms. The molecule has 0 aliphatic rings. The Balaban J connectivity index is 1.66. The molecule has 0 heterocycles. The van der Waals surface area contributed by atoms with Crippen LogP contribution < -0.4 is 21.1 Å². The molecule has 0 saturated heterocycles. The first-order valence-electron chi connectivity index (χ1n) is 9.82. The van der Waals surface area contributed by atoms with Crippen molar-refractivity contribution >= 4 is 35.1 Å². The largest absolute Gasteiger partial charge is 0.426 e. The Hall–Kier alpha value is -3.68. The molecule has 0 radical (unpaired) electrons. The van der Waals surface area contributed by atoms with Gasteiger partial charge in [0.15, 0.2) is 0 Å². The average molecular weight is 452 g/mol. The van der Waals surface area contributed by atoms with Crippen LogP contribution in [0.3, 0.4) is 0 Å². The second-order valence-electron chi connectivity index (χ2n) is 6.94. The van der Waals surface area contributed by atoms with Crippen molar-refractivity contribution in [1.29, 1.82) is 0 Å². The zero-order valence-electron chi connectivity index (χ0n) is 17.4. The molecule has 3 aromatic carbocycles. The van der Waals surface area contributed by atoms with Crippen LogP contribution in [0.4, 0.5) is 5.69 Å². The lowest BCUT2D eigenvalue weighted by Crippen LogP contribution is -2.23. The molecule has 0 aliphatic heterocycles. The minimum Gasteiger partial charge on any atom is -0.426 e. The fourth-order valence-corrected chi connectivity index (χ4v) is 3.21. The summed E-state index contributed by atoms with van der Waals surface area (Å²) in [6.07, 6.45) is 0. The molecule has 0 aliphatic carbocycles. The summed E-state index contributed by atoms with van der Waals surface area (Å²) in [5, 5.41) is 5.69. The Bertz CT molecular complexity index is 1150. The van der Waals surface area contributed by atoms with Gasteiger partial charge in [0.1, 0.15) is 5.75 Å². The van der Waals surface area contributed by atoms with Crippen LogP contribution in [-0.4, -0.2) is 17.8 Å². The van der Waals surface area contributed by atoms with Gasteiger partial charge in [-0.2, -0.15) is 0 Å². The zero-order valence-corrected chi connectivity index (χ0v) is 18.1. The van der Waals surface area contributed by atoms with E-state index in [1.54, 1.807) is 18.2 Å². The molecule has 4 N–H and O–H groups in total. The number of carbonyl (C=O) groups is 3. The Morgan fingerprint density at radius 2 is 1.59 bits per heavy atom. The molecule has 164 valence electrons. The first kappa shape index (κ1) is 23.0. The number of nitrogens with one attached hydrogen (secondary N) is 2. The van der Waals surface area contributed by atoms with Gasteiger partial charge in [0.05, 0.1) is 16.1 Å². The van der Waals surface area contributed by atoms with Crippen molar-refractivity contribution in [3.63, 3.8) is 0 Å². The van der Waals surface area contributed by atoms with E-state index < -0.39 is 11.9 Å². The number of benzene rings is 3. The Morgan fingerprint density at radius 1 is 0.906 bits per heavy atom. The first-order valence-corrected chi connectivity index (χ1v) is 10.2. The smallest absolute Gasteiger partial charge is 0.308 e. The summed E-state index contributed by atoms with van der Waals surface area (Å²) in [6, 6.07) is 18.6. The van der Waals surface area contributed by atoms with Crippen molar-refractivity contribution in [3.8, 4) is 5.75 Å². The number of anilines is 1. The summed E-state index contributed by atoms with van der Waals surface area (Å²) in [7, 11) is 0. The Morgan fingerprint density at radius 3 is 2.25 bits per heavy atom. The van der Waals surface area contributed by atoms with Gasteiger partial charge in [0.25, 0.3) is 11.8 Å². The van der Waals surface area contributed by atoms with E-state index in [0.29, 0.717) is 18.8 Å². The van der Waals surface area contributed by atoms with Crippen LogP contribution in [0.1, 0.15) is 38.8 Å². The van der Waals surface area contributed by atoms with E-state index in [0.717, 1.165) is 11.1 Å². The normalized spacial score (nSPS) is 10.3. The van der Waals surface area contributed by atoms with Crippen molar-refractivity contribution in [2.75, 3.05) is 5.32 Å². The summed E-state index contributed by atoms with van der Waals surface area (Å²) < 4.78 is 5.07. The van der Waals surface area contributed by atoms with E-state index in [1.807, 2.05) is 24.3 Å². The molecule has 3 rings (SSSR count). The maximum atomic E-state index is 12.6. The number of ether oxygens (including phenoxy) is 1. The number of esters is 1. The van der Waals surface area contributed by atoms with E-state index in [2.05, 4.69) is 10.6 Å². The summed E-state index contributed by atoms with van der Waals surface area (Å²) >= 11 is 6.28. The van der Waals surface area contributed by atoms with Crippen LogP contribution in [0.15, 0.2) is 66.7 Å². The molecule has 0 atom stereocenters. The molecule has 8 heteroatoms. The molecule has 0 aromatic heterocycles. The Labute approximate surface area is 190 Å². The van der Waals surface area contributed by atoms with Crippen LogP contribution in [-0.2, 0) is 17.9 Å². The third-order valence-corrected chi connectivity index (χ3v) is 4.88. The standard InChI is InChI=1S/C24H22ClN3O4/c1-15(29)32-22-5-3-2-4-20(22)24(31)28-18-10-11-19(21(25)12-18)23(30)27-14-17-8-6-16(13-26)7-9-17/h2-12H,13-14,26H2,1H3,(H,27,30)(H,28,31). The predicted molar refractivity (Wildman–Crippen MR) is 123 cm³/mol. The van der Waals surface area contributed by atoms with E-state index >= 15 is 0 Å². The van der Waals surface area contributed by atoms with Crippen molar-refractivity contribution in [2.24, 2.45) is 5.73 Å². The number of hydrogen-bond acceptors (Lipinski definition) is 5.